The second-order valence-electron chi connectivity index (χ2n) is 5.64. The van der Waals surface area contributed by atoms with E-state index >= 15 is 0 Å². The molecule has 108 valence electrons. The van der Waals surface area contributed by atoms with E-state index in [1.165, 1.54) is 5.56 Å². The molecule has 1 amide bonds. The fourth-order valence-electron chi connectivity index (χ4n) is 2.22. The lowest BCUT2D eigenvalue weighted by Gasteiger charge is -2.19. The van der Waals surface area contributed by atoms with Crippen LogP contribution in [0.4, 0.5) is 0 Å². The van der Waals surface area contributed by atoms with Crippen LogP contribution in [0.5, 0.6) is 0 Å². The molecule has 3 nitrogen and oxygen atoms in total. The van der Waals surface area contributed by atoms with E-state index in [9.17, 15) is 4.79 Å². The van der Waals surface area contributed by atoms with Gasteiger partial charge in [-0.05, 0) is 36.0 Å². The third-order valence-electron chi connectivity index (χ3n) is 3.63. The molecular weight excluding hydrogens is 250 g/mol. The highest BCUT2D eigenvalue weighted by molar-refractivity contribution is 5.92. The van der Waals surface area contributed by atoms with Gasteiger partial charge < -0.3 is 10.0 Å². The average molecular weight is 273 g/mol. The molecule has 1 N–H and O–H groups in total. The van der Waals surface area contributed by atoms with Crippen LogP contribution < -0.4 is 0 Å². The number of aliphatic hydroxyl groups is 1. The van der Waals surface area contributed by atoms with Crippen molar-refractivity contribution in [2.24, 2.45) is 0 Å². The number of carbonyl (C=O) groups excluding carboxylic acids is 1. The number of carbonyl (C=O) groups is 1. The Labute approximate surface area is 120 Å². The third-order valence-corrected chi connectivity index (χ3v) is 3.63. The molecule has 0 atom stereocenters. The van der Waals surface area contributed by atoms with Gasteiger partial charge in [-0.3, -0.25) is 4.79 Å². The van der Waals surface area contributed by atoms with E-state index in [0.717, 1.165) is 18.4 Å². The Bertz CT molecular complexity index is 472. The summed E-state index contributed by atoms with van der Waals surface area (Å²) in [6.45, 7) is 4.78. The van der Waals surface area contributed by atoms with Gasteiger partial charge in [0.2, 0.25) is 5.91 Å². The molecule has 0 radical (unpaired) electrons. The molecule has 0 heterocycles. The number of hydrogen-bond acceptors (Lipinski definition) is 2. The van der Waals surface area contributed by atoms with Crippen LogP contribution in [0.1, 0.15) is 43.7 Å². The topological polar surface area (TPSA) is 40.5 Å². The molecule has 0 spiro atoms. The van der Waals surface area contributed by atoms with Crippen molar-refractivity contribution in [3.63, 3.8) is 0 Å². The highest BCUT2D eigenvalue weighted by Gasteiger charge is 2.30. The van der Waals surface area contributed by atoms with Crippen molar-refractivity contribution in [1.82, 2.24) is 4.90 Å². The lowest BCUT2D eigenvalue weighted by atomic mass is 10.0. The van der Waals surface area contributed by atoms with Gasteiger partial charge in [0.1, 0.15) is 0 Å². The minimum atomic E-state index is -0.00511. The summed E-state index contributed by atoms with van der Waals surface area (Å²) in [7, 11) is 0. The molecule has 3 heteroatoms. The van der Waals surface area contributed by atoms with Crippen LogP contribution in [-0.4, -0.2) is 35.1 Å². The lowest BCUT2D eigenvalue weighted by Crippen LogP contribution is -2.34. The maximum Gasteiger partial charge on any atom is 0.246 e. The second-order valence-corrected chi connectivity index (χ2v) is 5.64. The van der Waals surface area contributed by atoms with Gasteiger partial charge in [-0.1, -0.05) is 38.1 Å². The summed E-state index contributed by atoms with van der Waals surface area (Å²) in [4.78, 5) is 13.9. The lowest BCUT2D eigenvalue weighted by molar-refractivity contribution is -0.127. The molecule has 0 bridgehead atoms. The van der Waals surface area contributed by atoms with E-state index in [1.54, 1.807) is 11.0 Å². The molecule has 0 unspecified atom stereocenters. The Morgan fingerprint density at radius 3 is 2.50 bits per heavy atom. The molecular formula is C17H23NO2. The maximum absolute atomic E-state index is 12.1. The third kappa shape index (κ3) is 3.94. The van der Waals surface area contributed by atoms with Crippen LogP contribution in [0, 0.1) is 0 Å². The first-order valence-corrected chi connectivity index (χ1v) is 7.31. The van der Waals surface area contributed by atoms with Crippen molar-refractivity contribution in [3.05, 3.63) is 41.5 Å². The Morgan fingerprint density at radius 2 is 2.00 bits per heavy atom. The van der Waals surface area contributed by atoms with Crippen molar-refractivity contribution >= 4 is 12.0 Å². The number of aliphatic hydroxyl groups excluding tert-OH is 1. The minimum absolute atomic E-state index is 0.00511. The van der Waals surface area contributed by atoms with Crippen molar-refractivity contribution in [1.29, 1.82) is 0 Å². The molecule has 20 heavy (non-hydrogen) atoms. The van der Waals surface area contributed by atoms with Gasteiger partial charge in [0.05, 0.1) is 6.61 Å². The summed E-state index contributed by atoms with van der Waals surface area (Å²) in [5.74, 6) is 0.513. The molecule has 0 aliphatic heterocycles. The Balaban J connectivity index is 1.98. The zero-order valence-corrected chi connectivity index (χ0v) is 12.2. The molecule has 1 saturated carbocycles. The molecule has 1 fully saturated rings. The molecule has 1 aromatic carbocycles. The number of nitrogens with zero attached hydrogens (tertiary/aromatic N) is 1. The summed E-state index contributed by atoms with van der Waals surface area (Å²) in [6, 6.07) is 8.60. The molecule has 1 aliphatic carbocycles. The first-order valence-electron chi connectivity index (χ1n) is 7.31. The first kappa shape index (κ1) is 14.8. The molecule has 1 aliphatic rings. The standard InChI is InChI=1S/C17H23NO2/c1-13(2)15-6-3-14(4-7-15)5-10-17(20)18(11-12-19)16-8-9-16/h3-7,10,13,16,19H,8-9,11-12H2,1-2H3/b10-5+. The quantitative estimate of drug-likeness (QED) is 0.810. The summed E-state index contributed by atoms with van der Waals surface area (Å²) in [6.07, 6.45) is 5.57. The van der Waals surface area contributed by atoms with Gasteiger partial charge in [0.15, 0.2) is 0 Å². The molecule has 0 aromatic heterocycles. The van der Waals surface area contributed by atoms with E-state index < -0.39 is 0 Å². The summed E-state index contributed by atoms with van der Waals surface area (Å²) in [5, 5.41) is 9.01. The monoisotopic (exact) mass is 273 g/mol. The van der Waals surface area contributed by atoms with E-state index in [0.29, 0.717) is 18.5 Å². The van der Waals surface area contributed by atoms with Gasteiger partial charge in [-0.15, -0.1) is 0 Å². The van der Waals surface area contributed by atoms with Crippen LogP contribution in [-0.2, 0) is 4.79 Å². The van der Waals surface area contributed by atoms with Crippen LogP contribution >= 0.6 is 0 Å². The van der Waals surface area contributed by atoms with Crippen molar-refractivity contribution in [3.8, 4) is 0 Å². The first-order chi connectivity index (χ1) is 9.61. The van der Waals surface area contributed by atoms with E-state index in [4.69, 9.17) is 5.11 Å². The summed E-state index contributed by atoms with van der Waals surface area (Å²) >= 11 is 0. The number of rotatable bonds is 6. The van der Waals surface area contributed by atoms with E-state index in [2.05, 4.69) is 26.0 Å². The van der Waals surface area contributed by atoms with Crippen molar-refractivity contribution in [2.45, 2.75) is 38.6 Å². The maximum atomic E-state index is 12.1. The summed E-state index contributed by atoms with van der Waals surface area (Å²) < 4.78 is 0. The highest BCUT2D eigenvalue weighted by atomic mass is 16.3. The number of hydrogen-bond donors (Lipinski definition) is 1. The fourth-order valence-corrected chi connectivity index (χ4v) is 2.22. The van der Waals surface area contributed by atoms with Crippen molar-refractivity contribution in [2.75, 3.05) is 13.2 Å². The van der Waals surface area contributed by atoms with Gasteiger partial charge in [-0.25, -0.2) is 0 Å². The average Bonchev–Trinajstić information content (AvgIpc) is 3.27. The smallest absolute Gasteiger partial charge is 0.246 e. The fraction of sp³-hybridized carbons (Fsp3) is 0.471. The number of amides is 1. The second kappa shape index (κ2) is 6.71. The minimum Gasteiger partial charge on any atom is -0.395 e. The van der Waals surface area contributed by atoms with E-state index in [-0.39, 0.29) is 12.5 Å². The van der Waals surface area contributed by atoms with Crippen LogP contribution in [0.3, 0.4) is 0 Å². The zero-order chi connectivity index (χ0) is 14.5. The predicted molar refractivity (Wildman–Crippen MR) is 81.4 cm³/mol. The van der Waals surface area contributed by atoms with Gasteiger partial charge in [-0.2, -0.15) is 0 Å². The summed E-state index contributed by atoms with van der Waals surface area (Å²) in [5.41, 5.74) is 2.33. The van der Waals surface area contributed by atoms with Gasteiger partial charge >= 0.3 is 0 Å². The molecule has 2 rings (SSSR count). The molecule has 1 aromatic rings. The van der Waals surface area contributed by atoms with Crippen LogP contribution in [0.15, 0.2) is 30.3 Å². The normalized spacial score (nSPS) is 15.0. The Morgan fingerprint density at radius 1 is 1.35 bits per heavy atom. The zero-order valence-electron chi connectivity index (χ0n) is 12.2. The number of benzene rings is 1. The predicted octanol–water partition coefficient (Wildman–Crippen LogP) is 2.81. The largest absolute Gasteiger partial charge is 0.395 e. The Kier molecular flexibility index (Phi) is 4.96. The highest BCUT2D eigenvalue weighted by Crippen LogP contribution is 2.26. The van der Waals surface area contributed by atoms with E-state index in [1.807, 2.05) is 18.2 Å². The van der Waals surface area contributed by atoms with Crippen LogP contribution in [0.2, 0.25) is 0 Å². The Hall–Kier alpha value is -1.61. The molecule has 0 saturated heterocycles. The van der Waals surface area contributed by atoms with Gasteiger partial charge in [0, 0.05) is 18.7 Å². The SMILES string of the molecule is CC(C)c1ccc(/C=C/C(=O)N(CCO)C2CC2)cc1. The van der Waals surface area contributed by atoms with Gasteiger partial charge in [0.25, 0.3) is 0 Å². The van der Waals surface area contributed by atoms with Crippen molar-refractivity contribution < 1.29 is 9.90 Å². The van der Waals surface area contributed by atoms with Crippen LogP contribution in [0.25, 0.3) is 6.08 Å².